The largest absolute Gasteiger partial charge is 0.458 e. The Morgan fingerprint density at radius 1 is 1.05 bits per heavy atom. The summed E-state index contributed by atoms with van der Waals surface area (Å²) in [4.78, 5) is 4.27. The van der Waals surface area contributed by atoms with Crippen molar-refractivity contribution in [3.8, 4) is 0 Å². The fraction of sp³-hybridized carbons (Fsp3) is 0.938. The summed E-state index contributed by atoms with van der Waals surface area (Å²) in [6, 6.07) is 0. The highest BCUT2D eigenvalue weighted by Crippen LogP contribution is 2.19. The van der Waals surface area contributed by atoms with E-state index in [-0.39, 0.29) is 6.54 Å². The molecule has 0 saturated heterocycles. The van der Waals surface area contributed by atoms with Crippen molar-refractivity contribution in [1.82, 2.24) is 4.31 Å². The number of hydrogen-bond acceptors (Lipinski definition) is 4. The van der Waals surface area contributed by atoms with Gasteiger partial charge in [0.05, 0.1) is 6.54 Å². The van der Waals surface area contributed by atoms with Crippen molar-refractivity contribution in [1.29, 1.82) is 0 Å². The molecule has 1 aliphatic rings. The zero-order valence-electron chi connectivity index (χ0n) is 14.4. The highest BCUT2D eigenvalue weighted by atomic mass is 32.2. The number of nitrogens with zero attached hydrogens (tertiary/aromatic N) is 2. The summed E-state index contributed by atoms with van der Waals surface area (Å²) in [6.45, 7) is 7.10. The lowest BCUT2D eigenvalue weighted by atomic mass is 10.1. The fourth-order valence-corrected chi connectivity index (χ4v) is 4.23. The highest BCUT2D eigenvalue weighted by Gasteiger charge is 2.35. The van der Waals surface area contributed by atoms with Gasteiger partial charge in [-0.05, 0) is 6.42 Å². The molecule has 0 fully saturated rings. The molecule has 0 aliphatic carbocycles. The predicted molar refractivity (Wildman–Crippen MR) is 91.6 cm³/mol. The highest BCUT2D eigenvalue weighted by molar-refractivity contribution is 7.89. The third-order valence-electron chi connectivity index (χ3n) is 4.08. The van der Waals surface area contributed by atoms with Crippen molar-refractivity contribution in [3.05, 3.63) is 0 Å². The molecule has 6 heteroatoms. The smallest absolute Gasteiger partial charge is 0.254 e. The molecule has 0 N–H and O–H groups in total. The number of ether oxygens (including phenoxy) is 1. The van der Waals surface area contributed by atoms with Crippen LogP contribution < -0.4 is 0 Å². The molecule has 1 atom stereocenters. The normalized spacial score (nSPS) is 18.5. The van der Waals surface area contributed by atoms with Gasteiger partial charge < -0.3 is 4.74 Å². The Balaban J connectivity index is 2.25. The SMILES string of the molecule is CCCCCCCCCC1=NCC(S(=O)(=O)N(CC)CC)O1. The maximum absolute atomic E-state index is 12.3. The van der Waals surface area contributed by atoms with E-state index in [4.69, 9.17) is 4.74 Å². The number of unbranched alkanes of at least 4 members (excludes halogenated alkanes) is 6. The van der Waals surface area contributed by atoms with Gasteiger partial charge in [0.25, 0.3) is 10.0 Å². The molecule has 22 heavy (non-hydrogen) atoms. The van der Waals surface area contributed by atoms with E-state index < -0.39 is 15.5 Å². The Hall–Kier alpha value is -0.620. The monoisotopic (exact) mass is 332 g/mol. The number of rotatable bonds is 12. The van der Waals surface area contributed by atoms with Crippen LogP contribution in [0.25, 0.3) is 0 Å². The number of hydrogen-bond donors (Lipinski definition) is 0. The molecular weight excluding hydrogens is 300 g/mol. The van der Waals surface area contributed by atoms with Crippen LogP contribution in [0.1, 0.15) is 72.1 Å². The van der Waals surface area contributed by atoms with E-state index in [9.17, 15) is 8.42 Å². The number of aliphatic imine (C=N–C) groups is 1. The topological polar surface area (TPSA) is 59.0 Å². The quantitative estimate of drug-likeness (QED) is 0.513. The summed E-state index contributed by atoms with van der Waals surface area (Å²) >= 11 is 0. The molecule has 1 aliphatic heterocycles. The first kappa shape index (κ1) is 19.4. The Morgan fingerprint density at radius 2 is 1.64 bits per heavy atom. The van der Waals surface area contributed by atoms with Crippen LogP contribution in [0.3, 0.4) is 0 Å². The summed E-state index contributed by atoms with van der Waals surface area (Å²) < 4.78 is 31.7. The molecule has 1 heterocycles. The van der Waals surface area contributed by atoms with E-state index >= 15 is 0 Å². The van der Waals surface area contributed by atoms with Gasteiger partial charge in [-0.3, -0.25) is 4.99 Å². The second-order valence-corrected chi connectivity index (χ2v) is 7.85. The average molecular weight is 333 g/mol. The van der Waals surface area contributed by atoms with Crippen LogP contribution in [0.15, 0.2) is 4.99 Å². The molecule has 5 nitrogen and oxygen atoms in total. The minimum Gasteiger partial charge on any atom is -0.458 e. The van der Waals surface area contributed by atoms with Gasteiger partial charge >= 0.3 is 0 Å². The maximum Gasteiger partial charge on any atom is 0.254 e. The van der Waals surface area contributed by atoms with Gasteiger partial charge in [-0.2, -0.15) is 4.31 Å². The van der Waals surface area contributed by atoms with Gasteiger partial charge in [0.15, 0.2) is 5.90 Å². The van der Waals surface area contributed by atoms with Gasteiger partial charge in [0.2, 0.25) is 5.44 Å². The lowest BCUT2D eigenvalue weighted by Crippen LogP contribution is -2.40. The summed E-state index contributed by atoms with van der Waals surface area (Å²) in [5.41, 5.74) is -0.813. The minimum absolute atomic E-state index is 0.241. The molecule has 0 aromatic heterocycles. The second kappa shape index (κ2) is 10.2. The molecule has 0 saturated carbocycles. The van der Waals surface area contributed by atoms with Crippen LogP contribution in [-0.2, 0) is 14.8 Å². The van der Waals surface area contributed by atoms with E-state index in [1.165, 1.54) is 42.8 Å². The lowest BCUT2D eigenvalue weighted by molar-refractivity contribution is 0.273. The van der Waals surface area contributed by atoms with Gasteiger partial charge in [-0.1, -0.05) is 59.3 Å². The van der Waals surface area contributed by atoms with E-state index in [2.05, 4.69) is 11.9 Å². The molecular formula is C16H32N2O3S. The third kappa shape index (κ3) is 5.88. The van der Waals surface area contributed by atoms with Gasteiger partial charge in [-0.25, -0.2) is 8.42 Å². The third-order valence-corrected chi connectivity index (χ3v) is 6.22. The van der Waals surface area contributed by atoms with Crippen molar-refractivity contribution in [3.63, 3.8) is 0 Å². The van der Waals surface area contributed by atoms with Crippen LogP contribution in [0.5, 0.6) is 0 Å². The molecule has 0 amide bonds. The molecule has 130 valence electrons. The number of sulfonamides is 1. The van der Waals surface area contributed by atoms with Crippen molar-refractivity contribution >= 4 is 15.9 Å². The van der Waals surface area contributed by atoms with Crippen molar-refractivity contribution in [2.45, 2.75) is 77.6 Å². The van der Waals surface area contributed by atoms with E-state index in [0.717, 1.165) is 12.8 Å². The summed E-state index contributed by atoms with van der Waals surface area (Å²) in [6.07, 6.45) is 9.40. The van der Waals surface area contributed by atoms with Crippen LogP contribution in [0, 0.1) is 0 Å². The van der Waals surface area contributed by atoms with Crippen molar-refractivity contribution < 1.29 is 13.2 Å². The molecule has 0 spiro atoms. The predicted octanol–water partition coefficient (Wildman–Crippen LogP) is 3.55. The fourth-order valence-electron chi connectivity index (χ4n) is 2.68. The Labute approximate surface area is 136 Å². The minimum atomic E-state index is -3.38. The molecule has 0 bridgehead atoms. The maximum atomic E-state index is 12.3. The first-order valence-corrected chi connectivity index (χ1v) is 10.3. The van der Waals surface area contributed by atoms with Crippen LogP contribution in [0.2, 0.25) is 0 Å². The first-order chi connectivity index (χ1) is 10.6. The van der Waals surface area contributed by atoms with E-state index in [1.807, 2.05) is 13.8 Å². The Kier molecular flexibility index (Phi) is 9.02. The second-order valence-electron chi connectivity index (χ2n) is 5.78. The standard InChI is InChI=1S/C16H32N2O3S/c1-4-7-8-9-10-11-12-13-15-17-14-16(21-15)22(19,20)18(5-2)6-3/h16H,4-14H2,1-3H3. The zero-order valence-corrected chi connectivity index (χ0v) is 15.2. The Bertz CT molecular complexity index is 431. The lowest BCUT2D eigenvalue weighted by Gasteiger charge is -2.22. The van der Waals surface area contributed by atoms with Gasteiger partial charge in [0.1, 0.15) is 0 Å². The summed E-state index contributed by atoms with van der Waals surface area (Å²) in [5.74, 6) is 0.620. The van der Waals surface area contributed by atoms with Gasteiger partial charge in [0, 0.05) is 19.5 Å². The van der Waals surface area contributed by atoms with Crippen molar-refractivity contribution in [2.75, 3.05) is 19.6 Å². The van der Waals surface area contributed by atoms with E-state index in [1.54, 1.807) is 0 Å². The first-order valence-electron chi connectivity index (χ1n) is 8.75. The molecule has 1 unspecified atom stereocenters. The van der Waals surface area contributed by atoms with Gasteiger partial charge in [-0.15, -0.1) is 0 Å². The molecule has 0 radical (unpaired) electrons. The molecule has 0 aromatic carbocycles. The van der Waals surface area contributed by atoms with Crippen LogP contribution >= 0.6 is 0 Å². The summed E-state index contributed by atoms with van der Waals surface area (Å²) in [5, 5.41) is 0. The average Bonchev–Trinajstić information content (AvgIpc) is 2.97. The Morgan fingerprint density at radius 3 is 2.23 bits per heavy atom. The van der Waals surface area contributed by atoms with Crippen molar-refractivity contribution in [2.24, 2.45) is 4.99 Å². The van der Waals surface area contributed by atoms with Crippen LogP contribution in [-0.4, -0.2) is 43.7 Å². The zero-order chi connectivity index (χ0) is 16.4. The summed E-state index contributed by atoms with van der Waals surface area (Å²) in [7, 11) is -3.38. The van der Waals surface area contributed by atoms with E-state index in [0.29, 0.717) is 19.0 Å². The molecule has 0 aromatic rings. The van der Waals surface area contributed by atoms with Crippen LogP contribution in [0.4, 0.5) is 0 Å². The molecule has 1 rings (SSSR count).